The van der Waals surface area contributed by atoms with E-state index in [0.717, 1.165) is 25.9 Å². The van der Waals surface area contributed by atoms with Gasteiger partial charge in [0.25, 0.3) is 0 Å². The SMILES string of the molecule is CC(C)C(C)OC(=O)N1CCCCC1. The average molecular weight is 199 g/mol. The van der Waals surface area contributed by atoms with Crippen LogP contribution in [0.2, 0.25) is 0 Å². The summed E-state index contributed by atoms with van der Waals surface area (Å²) in [5.74, 6) is 0.392. The van der Waals surface area contributed by atoms with Gasteiger partial charge < -0.3 is 9.64 Å². The summed E-state index contributed by atoms with van der Waals surface area (Å²) in [6, 6.07) is 0. The summed E-state index contributed by atoms with van der Waals surface area (Å²) >= 11 is 0. The smallest absolute Gasteiger partial charge is 0.410 e. The third kappa shape index (κ3) is 3.20. The normalized spacial score (nSPS) is 19.6. The van der Waals surface area contributed by atoms with E-state index in [1.54, 1.807) is 0 Å². The fourth-order valence-electron chi connectivity index (χ4n) is 1.45. The molecule has 3 nitrogen and oxygen atoms in total. The molecule has 1 saturated heterocycles. The molecule has 0 aromatic heterocycles. The van der Waals surface area contributed by atoms with Crippen LogP contribution in [0.4, 0.5) is 4.79 Å². The van der Waals surface area contributed by atoms with Gasteiger partial charge in [-0.15, -0.1) is 0 Å². The Hall–Kier alpha value is -0.730. The van der Waals surface area contributed by atoms with Gasteiger partial charge in [0.05, 0.1) is 0 Å². The summed E-state index contributed by atoms with van der Waals surface area (Å²) in [4.78, 5) is 13.4. The lowest BCUT2D eigenvalue weighted by molar-refractivity contribution is 0.0465. The quantitative estimate of drug-likeness (QED) is 0.684. The minimum absolute atomic E-state index is 0.0180. The van der Waals surface area contributed by atoms with Crippen molar-refractivity contribution >= 4 is 6.09 Å². The molecule has 14 heavy (non-hydrogen) atoms. The number of ether oxygens (including phenoxy) is 1. The molecule has 0 radical (unpaired) electrons. The highest BCUT2D eigenvalue weighted by molar-refractivity contribution is 5.67. The van der Waals surface area contributed by atoms with Crippen molar-refractivity contribution in [2.75, 3.05) is 13.1 Å². The van der Waals surface area contributed by atoms with E-state index in [2.05, 4.69) is 13.8 Å². The maximum absolute atomic E-state index is 11.6. The van der Waals surface area contributed by atoms with E-state index >= 15 is 0 Å². The minimum Gasteiger partial charge on any atom is -0.446 e. The lowest BCUT2D eigenvalue weighted by atomic mass is 10.1. The number of carbonyl (C=O) groups excluding carboxylic acids is 1. The molecule has 3 heteroatoms. The molecule has 82 valence electrons. The Bertz CT molecular complexity index is 186. The third-order valence-electron chi connectivity index (χ3n) is 2.84. The van der Waals surface area contributed by atoms with Crippen LogP contribution in [0.3, 0.4) is 0 Å². The highest BCUT2D eigenvalue weighted by Crippen LogP contribution is 2.12. The monoisotopic (exact) mass is 199 g/mol. The van der Waals surface area contributed by atoms with E-state index in [1.807, 2.05) is 11.8 Å². The van der Waals surface area contributed by atoms with E-state index < -0.39 is 0 Å². The van der Waals surface area contributed by atoms with E-state index in [4.69, 9.17) is 4.74 Å². The molecular formula is C11H21NO2. The second-order valence-electron chi connectivity index (χ2n) is 4.38. The van der Waals surface area contributed by atoms with Crippen LogP contribution in [0.5, 0.6) is 0 Å². The largest absolute Gasteiger partial charge is 0.446 e. The first-order valence-electron chi connectivity index (χ1n) is 5.57. The van der Waals surface area contributed by atoms with Crippen molar-refractivity contribution in [3.8, 4) is 0 Å². The Kier molecular flexibility index (Phi) is 4.23. The van der Waals surface area contributed by atoms with Gasteiger partial charge in [0, 0.05) is 13.1 Å². The van der Waals surface area contributed by atoms with Crippen molar-refractivity contribution in [1.82, 2.24) is 4.90 Å². The van der Waals surface area contributed by atoms with Crippen LogP contribution < -0.4 is 0 Å². The number of amides is 1. The number of piperidine rings is 1. The maximum atomic E-state index is 11.6. The lowest BCUT2D eigenvalue weighted by Gasteiger charge is -2.28. The van der Waals surface area contributed by atoms with Crippen LogP contribution in [0.1, 0.15) is 40.0 Å². The molecular weight excluding hydrogens is 178 g/mol. The molecule has 1 atom stereocenters. The molecule has 1 unspecified atom stereocenters. The van der Waals surface area contributed by atoms with Crippen LogP contribution in [0.25, 0.3) is 0 Å². The summed E-state index contributed by atoms with van der Waals surface area (Å²) in [6.07, 6.45) is 3.36. The highest BCUT2D eigenvalue weighted by atomic mass is 16.6. The van der Waals surface area contributed by atoms with Gasteiger partial charge in [-0.25, -0.2) is 4.79 Å². The summed E-state index contributed by atoms with van der Waals surface area (Å²) in [6.45, 7) is 7.81. The fourth-order valence-corrected chi connectivity index (χ4v) is 1.45. The summed E-state index contributed by atoms with van der Waals surface area (Å²) in [5, 5.41) is 0. The number of likely N-dealkylation sites (tertiary alicyclic amines) is 1. The topological polar surface area (TPSA) is 29.5 Å². The van der Waals surface area contributed by atoms with Crippen LogP contribution in [0, 0.1) is 5.92 Å². The molecule has 1 aliphatic rings. The van der Waals surface area contributed by atoms with Gasteiger partial charge in [-0.05, 0) is 32.1 Å². The first kappa shape index (κ1) is 11.3. The van der Waals surface area contributed by atoms with Crippen molar-refractivity contribution in [3.63, 3.8) is 0 Å². The summed E-state index contributed by atoms with van der Waals surface area (Å²) in [7, 11) is 0. The maximum Gasteiger partial charge on any atom is 0.410 e. The Labute approximate surface area is 86.4 Å². The highest BCUT2D eigenvalue weighted by Gasteiger charge is 2.20. The van der Waals surface area contributed by atoms with Gasteiger partial charge in [-0.3, -0.25) is 0 Å². The molecule has 0 bridgehead atoms. The Morgan fingerprint density at radius 2 is 1.71 bits per heavy atom. The van der Waals surface area contributed by atoms with Crippen LogP contribution in [-0.2, 0) is 4.74 Å². The molecule has 0 aromatic rings. The first-order chi connectivity index (χ1) is 6.61. The number of rotatable bonds is 2. The predicted octanol–water partition coefficient (Wildman–Crippen LogP) is 2.65. The van der Waals surface area contributed by atoms with Gasteiger partial charge in [-0.2, -0.15) is 0 Å². The molecule has 1 amide bonds. The molecule has 0 spiro atoms. The van der Waals surface area contributed by atoms with Crippen molar-refractivity contribution < 1.29 is 9.53 Å². The van der Waals surface area contributed by atoms with E-state index in [0.29, 0.717) is 5.92 Å². The number of hydrogen-bond donors (Lipinski definition) is 0. The first-order valence-corrected chi connectivity index (χ1v) is 5.57. The zero-order valence-electron chi connectivity index (χ0n) is 9.45. The van der Waals surface area contributed by atoms with Gasteiger partial charge in [-0.1, -0.05) is 13.8 Å². The molecule has 1 fully saturated rings. The van der Waals surface area contributed by atoms with Gasteiger partial charge in [0.15, 0.2) is 0 Å². The van der Waals surface area contributed by atoms with Crippen LogP contribution in [0.15, 0.2) is 0 Å². The van der Waals surface area contributed by atoms with Gasteiger partial charge >= 0.3 is 6.09 Å². The molecule has 0 N–H and O–H groups in total. The molecule has 0 aliphatic carbocycles. The lowest BCUT2D eigenvalue weighted by Crippen LogP contribution is -2.38. The number of hydrogen-bond acceptors (Lipinski definition) is 2. The Morgan fingerprint density at radius 3 is 2.21 bits per heavy atom. The second kappa shape index (κ2) is 5.23. The summed E-state index contributed by atoms with van der Waals surface area (Å²) < 4.78 is 5.34. The van der Waals surface area contributed by atoms with Crippen molar-refractivity contribution in [1.29, 1.82) is 0 Å². The molecule has 1 rings (SSSR count). The van der Waals surface area contributed by atoms with Crippen LogP contribution >= 0.6 is 0 Å². The van der Waals surface area contributed by atoms with E-state index in [-0.39, 0.29) is 12.2 Å². The minimum atomic E-state index is -0.133. The molecule has 1 aliphatic heterocycles. The average Bonchev–Trinajstić information content (AvgIpc) is 2.19. The summed E-state index contributed by atoms with van der Waals surface area (Å²) in [5.41, 5.74) is 0. The zero-order valence-corrected chi connectivity index (χ0v) is 9.45. The van der Waals surface area contributed by atoms with Crippen molar-refractivity contribution in [3.05, 3.63) is 0 Å². The molecule has 0 saturated carbocycles. The fraction of sp³-hybridized carbons (Fsp3) is 0.909. The third-order valence-corrected chi connectivity index (χ3v) is 2.84. The van der Waals surface area contributed by atoms with Gasteiger partial charge in [0.2, 0.25) is 0 Å². The van der Waals surface area contributed by atoms with Crippen LogP contribution in [-0.4, -0.2) is 30.2 Å². The van der Waals surface area contributed by atoms with Crippen molar-refractivity contribution in [2.24, 2.45) is 5.92 Å². The predicted molar refractivity (Wildman–Crippen MR) is 56.2 cm³/mol. The Morgan fingerprint density at radius 1 is 1.14 bits per heavy atom. The van der Waals surface area contributed by atoms with E-state index in [1.165, 1.54) is 6.42 Å². The van der Waals surface area contributed by atoms with E-state index in [9.17, 15) is 4.79 Å². The van der Waals surface area contributed by atoms with Gasteiger partial charge in [0.1, 0.15) is 6.10 Å². The molecule has 1 heterocycles. The van der Waals surface area contributed by atoms with Crippen molar-refractivity contribution in [2.45, 2.75) is 46.1 Å². The standard InChI is InChI=1S/C11H21NO2/c1-9(2)10(3)14-11(13)12-7-5-4-6-8-12/h9-10H,4-8H2,1-3H3. The Balaban J connectivity index is 2.33. The zero-order chi connectivity index (χ0) is 10.6. The number of carbonyl (C=O) groups is 1. The number of nitrogens with zero attached hydrogens (tertiary/aromatic N) is 1. The second-order valence-corrected chi connectivity index (χ2v) is 4.38. The molecule has 0 aromatic carbocycles.